The Kier molecular flexibility index (Phi) is 2.19. The molecular formula is C8H8NO6S-. The van der Waals surface area contributed by atoms with Crippen LogP contribution >= 0.6 is 0 Å². The van der Waals surface area contributed by atoms with Crippen molar-refractivity contribution >= 4 is 23.0 Å². The van der Waals surface area contributed by atoms with Gasteiger partial charge in [-0.25, -0.2) is 0 Å². The first-order valence-electron chi connectivity index (χ1n) is 4.38. The fraction of sp³-hybridized carbons (Fsp3) is 0.500. The van der Waals surface area contributed by atoms with Crippen LogP contribution in [0.25, 0.3) is 0 Å². The molecule has 2 aliphatic rings. The molecule has 0 amide bonds. The van der Waals surface area contributed by atoms with E-state index in [1.807, 2.05) is 0 Å². The van der Waals surface area contributed by atoms with Crippen molar-refractivity contribution in [3.63, 3.8) is 0 Å². The summed E-state index contributed by atoms with van der Waals surface area (Å²) in [6, 6.07) is 0. The lowest BCUT2D eigenvalue weighted by molar-refractivity contribution is -0.145. The summed E-state index contributed by atoms with van der Waals surface area (Å²) < 4.78 is 21.6. The highest BCUT2D eigenvalue weighted by molar-refractivity contribution is 7.83. The molecule has 0 aromatic rings. The number of carboxylic acids is 2. The van der Waals surface area contributed by atoms with Crippen LogP contribution in [0.5, 0.6) is 0 Å². The fourth-order valence-electron chi connectivity index (χ4n) is 2.30. The molecule has 88 valence electrons. The third-order valence-corrected chi connectivity index (χ3v) is 3.87. The molecule has 7 nitrogen and oxygen atoms in total. The maximum atomic E-state index is 11.0. The van der Waals surface area contributed by atoms with Crippen LogP contribution in [0.15, 0.2) is 10.5 Å². The molecule has 8 heteroatoms. The predicted octanol–water partition coefficient (Wildman–Crippen LogP) is -1.36. The van der Waals surface area contributed by atoms with Gasteiger partial charge in [0.1, 0.15) is 5.54 Å². The highest BCUT2D eigenvalue weighted by atomic mass is 32.2. The molecule has 1 saturated carbocycles. The van der Waals surface area contributed by atoms with Gasteiger partial charge in [0, 0.05) is 17.2 Å². The van der Waals surface area contributed by atoms with Crippen LogP contribution in [-0.2, 0) is 20.7 Å². The minimum absolute atomic E-state index is 0.144. The van der Waals surface area contributed by atoms with E-state index in [4.69, 9.17) is 15.9 Å². The highest BCUT2D eigenvalue weighted by Gasteiger charge is 2.68. The van der Waals surface area contributed by atoms with Crippen LogP contribution in [0.1, 0.15) is 6.42 Å². The van der Waals surface area contributed by atoms with Crippen LogP contribution in [0.3, 0.4) is 0 Å². The van der Waals surface area contributed by atoms with E-state index in [9.17, 15) is 18.4 Å². The number of nitrogens with two attached hydrogens (primary N) is 1. The van der Waals surface area contributed by atoms with E-state index in [2.05, 4.69) is 0 Å². The molecule has 16 heavy (non-hydrogen) atoms. The van der Waals surface area contributed by atoms with Crippen molar-refractivity contribution in [1.29, 1.82) is 0 Å². The van der Waals surface area contributed by atoms with E-state index in [1.165, 1.54) is 0 Å². The van der Waals surface area contributed by atoms with Crippen molar-refractivity contribution in [2.75, 3.05) is 0 Å². The summed E-state index contributed by atoms with van der Waals surface area (Å²) in [5, 5.41) is 17.7. The Bertz CT molecular complexity index is 457. The van der Waals surface area contributed by atoms with Gasteiger partial charge in [-0.1, -0.05) is 0 Å². The van der Waals surface area contributed by atoms with Gasteiger partial charge >= 0.3 is 11.9 Å². The first-order chi connectivity index (χ1) is 7.30. The second-order valence-electron chi connectivity index (χ2n) is 3.93. The molecule has 0 saturated heterocycles. The van der Waals surface area contributed by atoms with Gasteiger partial charge in [0.2, 0.25) is 0 Å². The van der Waals surface area contributed by atoms with Crippen LogP contribution in [0.4, 0.5) is 0 Å². The average molecular weight is 246 g/mol. The van der Waals surface area contributed by atoms with Crippen LogP contribution < -0.4 is 5.73 Å². The third kappa shape index (κ3) is 1.24. The van der Waals surface area contributed by atoms with Gasteiger partial charge in [0.15, 0.2) is 0 Å². The molecule has 4 N–H and O–H groups in total. The smallest absolute Gasteiger partial charge is 0.324 e. The average Bonchev–Trinajstić information content (AvgIpc) is 2.81. The fourth-order valence-corrected chi connectivity index (χ4v) is 3.10. The molecule has 2 aliphatic carbocycles. The van der Waals surface area contributed by atoms with Crippen molar-refractivity contribution < 1.29 is 28.6 Å². The Hall–Kier alpha value is -1.25. The molecular weight excluding hydrogens is 238 g/mol. The van der Waals surface area contributed by atoms with E-state index < -0.39 is 40.4 Å². The highest BCUT2D eigenvalue weighted by Crippen LogP contribution is 2.61. The number of hydrogen-bond donors (Lipinski definition) is 3. The van der Waals surface area contributed by atoms with Crippen LogP contribution in [0.2, 0.25) is 0 Å². The summed E-state index contributed by atoms with van der Waals surface area (Å²) in [5.41, 5.74) is 3.91. The standard InChI is InChI=1S/C8H9NO6S/c9-8(7(12)13)1-2(16(14)15)3-4(5(3)8)6(10)11/h4-5H,1,9H2,(H,10,11)(H,12,13)(H,14,15)/p-1. The number of carbonyl (C=O) groups is 2. The Labute approximate surface area is 92.2 Å². The number of aliphatic carboxylic acids is 2. The van der Waals surface area contributed by atoms with Gasteiger partial charge in [-0.2, -0.15) is 0 Å². The molecule has 0 heterocycles. The quantitative estimate of drug-likeness (QED) is 0.522. The summed E-state index contributed by atoms with van der Waals surface area (Å²) in [4.78, 5) is 21.6. The van der Waals surface area contributed by atoms with Gasteiger partial charge in [-0.3, -0.25) is 13.8 Å². The Morgan fingerprint density at radius 1 is 1.50 bits per heavy atom. The summed E-state index contributed by atoms with van der Waals surface area (Å²) >= 11 is -2.61. The lowest BCUT2D eigenvalue weighted by Crippen LogP contribution is -2.50. The monoisotopic (exact) mass is 246 g/mol. The topological polar surface area (TPSA) is 141 Å². The summed E-state index contributed by atoms with van der Waals surface area (Å²) in [6.45, 7) is 0. The maximum absolute atomic E-state index is 11.0. The summed E-state index contributed by atoms with van der Waals surface area (Å²) in [5.74, 6) is -4.57. The lowest BCUT2D eigenvalue weighted by atomic mass is 9.92. The van der Waals surface area contributed by atoms with E-state index >= 15 is 0 Å². The summed E-state index contributed by atoms with van der Waals surface area (Å²) in [7, 11) is 0. The minimum atomic E-state index is -2.61. The van der Waals surface area contributed by atoms with Crippen molar-refractivity contribution in [1.82, 2.24) is 0 Å². The molecule has 0 radical (unpaired) electrons. The van der Waals surface area contributed by atoms with Gasteiger partial charge in [-0.05, 0) is 16.7 Å². The molecule has 0 spiro atoms. The predicted molar refractivity (Wildman–Crippen MR) is 49.7 cm³/mol. The Balaban J connectivity index is 2.43. The van der Waals surface area contributed by atoms with Gasteiger partial charge in [-0.15, -0.1) is 0 Å². The van der Waals surface area contributed by atoms with E-state index in [1.54, 1.807) is 0 Å². The zero-order valence-electron chi connectivity index (χ0n) is 7.87. The molecule has 0 aliphatic heterocycles. The SMILES string of the molecule is NC1(C(=O)O)CC(S(=O)[O-])=C2C(C(=O)O)C21. The first kappa shape index (κ1) is 11.2. The molecule has 4 unspecified atom stereocenters. The minimum Gasteiger partial charge on any atom is -0.769 e. The molecule has 2 rings (SSSR count). The van der Waals surface area contributed by atoms with Gasteiger partial charge in [0.05, 0.1) is 5.92 Å². The van der Waals surface area contributed by atoms with Crippen molar-refractivity contribution in [3.05, 3.63) is 10.5 Å². The van der Waals surface area contributed by atoms with Gasteiger partial charge < -0.3 is 20.5 Å². The molecule has 4 atom stereocenters. The third-order valence-electron chi connectivity index (χ3n) is 3.09. The lowest BCUT2D eigenvalue weighted by Gasteiger charge is -2.23. The van der Waals surface area contributed by atoms with E-state index in [-0.39, 0.29) is 16.9 Å². The van der Waals surface area contributed by atoms with Gasteiger partial charge in [0.25, 0.3) is 0 Å². The second-order valence-corrected chi connectivity index (χ2v) is 4.89. The van der Waals surface area contributed by atoms with Crippen molar-refractivity contribution in [2.24, 2.45) is 17.6 Å². The van der Waals surface area contributed by atoms with Crippen molar-refractivity contribution in [3.8, 4) is 0 Å². The largest absolute Gasteiger partial charge is 0.769 e. The molecule has 1 fully saturated rings. The number of carboxylic acid groups (broad SMARTS) is 2. The maximum Gasteiger partial charge on any atom is 0.324 e. The van der Waals surface area contributed by atoms with E-state index in [0.717, 1.165) is 0 Å². The molecule has 0 aromatic heterocycles. The number of rotatable bonds is 3. The van der Waals surface area contributed by atoms with Crippen molar-refractivity contribution in [2.45, 2.75) is 12.0 Å². The number of fused-ring (bicyclic) bond motifs is 1. The van der Waals surface area contributed by atoms with Crippen LogP contribution in [-0.4, -0.2) is 36.5 Å². The molecule has 0 aromatic carbocycles. The number of hydrogen-bond acceptors (Lipinski definition) is 5. The Morgan fingerprint density at radius 2 is 2.06 bits per heavy atom. The first-order valence-corrected chi connectivity index (χ1v) is 5.45. The Morgan fingerprint density at radius 3 is 2.44 bits per heavy atom. The second kappa shape index (κ2) is 3.12. The van der Waals surface area contributed by atoms with E-state index in [0.29, 0.717) is 0 Å². The zero-order chi connectivity index (χ0) is 12.2. The normalized spacial score (nSPS) is 38.1. The molecule has 0 bridgehead atoms. The van der Waals surface area contributed by atoms with Crippen LogP contribution in [0, 0.1) is 11.8 Å². The summed E-state index contributed by atoms with van der Waals surface area (Å²) in [6.07, 6.45) is -0.331. The zero-order valence-corrected chi connectivity index (χ0v) is 8.69.